The van der Waals surface area contributed by atoms with E-state index < -0.39 is 6.04 Å². The molecule has 0 bridgehead atoms. The molecule has 2 aromatic rings. The van der Waals surface area contributed by atoms with Gasteiger partial charge in [-0.15, -0.1) is 0 Å². The SMILES string of the molecule is CC(C)[C@@H](N)C(=O)NCCCNc1ccc2c(c1)C(=O)c1ccccc1C2=O. The summed E-state index contributed by atoms with van der Waals surface area (Å²) in [5.74, 6) is -0.310. The minimum absolute atomic E-state index is 0.0963. The first kappa shape index (κ1) is 19.8. The van der Waals surface area contributed by atoms with Crippen molar-refractivity contribution in [2.24, 2.45) is 11.7 Å². The summed E-state index contributed by atoms with van der Waals surface area (Å²) in [6.45, 7) is 4.95. The summed E-state index contributed by atoms with van der Waals surface area (Å²) in [6, 6.07) is 11.6. The van der Waals surface area contributed by atoms with Crippen LogP contribution in [-0.4, -0.2) is 36.6 Å². The van der Waals surface area contributed by atoms with Crippen LogP contribution in [0.4, 0.5) is 5.69 Å². The van der Waals surface area contributed by atoms with Crippen molar-refractivity contribution < 1.29 is 14.4 Å². The highest BCUT2D eigenvalue weighted by Gasteiger charge is 2.29. The van der Waals surface area contributed by atoms with Crippen LogP contribution in [0.15, 0.2) is 42.5 Å². The molecule has 1 aliphatic carbocycles. The number of fused-ring (bicyclic) bond motifs is 2. The third-order valence-electron chi connectivity index (χ3n) is 4.93. The number of hydrogen-bond acceptors (Lipinski definition) is 5. The number of carbonyl (C=O) groups excluding carboxylic acids is 3. The fraction of sp³-hybridized carbons (Fsp3) is 0.318. The molecule has 2 aromatic carbocycles. The van der Waals surface area contributed by atoms with Gasteiger partial charge in [-0.1, -0.05) is 38.1 Å². The lowest BCUT2D eigenvalue weighted by Gasteiger charge is -2.18. The average molecular weight is 379 g/mol. The van der Waals surface area contributed by atoms with E-state index >= 15 is 0 Å². The van der Waals surface area contributed by atoms with Crippen molar-refractivity contribution in [2.45, 2.75) is 26.3 Å². The van der Waals surface area contributed by atoms with Gasteiger partial charge in [-0.05, 0) is 30.5 Å². The van der Waals surface area contributed by atoms with Crippen LogP contribution in [0.2, 0.25) is 0 Å². The highest BCUT2D eigenvalue weighted by Crippen LogP contribution is 2.29. The van der Waals surface area contributed by atoms with Gasteiger partial charge in [-0.3, -0.25) is 14.4 Å². The highest BCUT2D eigenvalue weighted by molar-refractivity contribution is 6.28. The van der Waals surface area contributed by atoms with E-state index in [1.807, 2.05) is 13.8 Å². The molecule has 6 heteroatoms. The van der Waals surface area contributed by atoms with Crippen LogP contribution in [0.3, 0.4) is 0 Å². The van der Waals surface area contributed by atoms with E-state index in [1.54, 1.807) is 42.5 Å². The van der Waals surface area contributed by atoms with Gasteiger partial charge in [0.2, 0.25) is 5.91 Å². The summed E-state index contributed by atoms with van der Waals surface area (Å²) in [5.41, 5.74) is 8.33. The van der Waals surface area contributed by atoms with Gasteiger partial charge < -0.3 is 16.4 Å². The number of nitrogens with two attached hydrogens (primary N) is 1. The molecule has 0 fully saturated rings. The standard InChI is InChI=1S/C22H25N3O3/c1-13(2)19(23)22(28)25-11-5-10-24-14-8-9-17-18(12-14)21(27)16-7-4-3-6-15(16)20(17)26/h3-4,6-9,12-13,19,24H,5,10-11,23H2,1-2H3,(H,25,28)/t19-/m1/s1. The fourth-order valence-corrected chi connectivity index (χ4v) is 3.16. The molecule has 146 valence electrons. The lowest BCUT2D eigenvalue weighted by Crippen LogP contribution is -2.44. The van der Waals surface area contributed by atoms with Gasteiger partial charge in [-0.2, -0.15) is 0 Å². The number of amides is 1. The first-order valence-corrected chi connectivity index (χ1v) is 9.49. The van der Waals surface area contributed by atoms with Crippen molar-refractivity contribution in [3.8, 4) is 0 Å². The summed E-state index contributed by atoms with van der Waals surface area (Å²) in [4.78, 5) is 37.2. The van der Waals surface area contributed by atoms with E-state index in [4.69, 9.17) is 5.73 Å². The van der Waals surface area contributed by atoms with Gasteiger partial charge in [-0.25, -0.2) is 0 Å². The molecule has 0 radical (unpaired) electrons. The predicted molar refractivity (Wildman–Crippen MR) is 109 cm³/mol. The minimum Gasteiger partial charge on any atom is -0.385 e. The summed E-state index contributed by atoms with van der Waals surface area (Å²) in [5, 5.41) is 6.05. The van der Waals surface area contributed by atoms with Crippen LogP contribution in [0.25, 0.3) is 0 Å². The summed E-state index contributed by atoms with van der Waals surface area (Å²) in [7, 11) is 0. The Morgan fingerprint density at radius 3 is 2.18 bits per heavy atom. The van der Waals surface area contributed by atoms with E-state index in [1.165, 1.54) is 0 Å². The van der Waals surface area contributed by atoms with E-state index in [2.05, 4.69) is 10.6 Å². The first-order valence-electron chi connectivity index (χ1n) is 9.49. The molecule has 1 aliphatic rings. The molecule has 0 spiro atoms. The van der Waals surface area contributed by atoms with Gasteiger partial charge in [0.25, 0.3) is 0 Å². The molecule has 0 unspecified atom stereocenters. The minimum atomic E-state index is -0.500. The van der Waals surface area contributed by atoms with Crippen LogP contribution in [-0.2, 0) is 4.79 Å². The second-order valence-electron chi connectivity index (χ2n) is 7.31. The number of rotatable bonds is 7. The quantitative estimate of drug-likeness (QED) is 0.547. The Bertz CT molecular complexity index is 921. The molecule has 0 saturated carbocycles. The molecule has 1 amide bonds. The summed E-state index contributed by atoms with van der Waals surface area (Å²) in [6.07, 6.45) is 0.712. The van der Waals surface area contributed by atoms with Crippen LogP contribution < -0.4 is 16.4 Å². The Hall–Kier alpha value is -2.99. The third kappa shape index (κ3) is 3.97. The average Bonchev–Trinajstić information content (AvgIpc) is 2.70. The number of nitrogens with one attached hydrogen (secondary N) is 2. The second-order valence-corrected chi connectivity index (χ2v) is 7.31. The van der Waals surface area contributed by atoms with Crippen LogP contribution in [0.1, 0.15) is 52.1 Å². The summed E-state index contributed by atoms with van der Waals surface area (Å²) >= 11 is 0. The largest absolute Gasteiger partial charge is 0.385 e. The topological polar surface area (TPSA) is 101 Å². The Labute approximate surface area is 164 Å². The Kier molecular flexibility index (Phi) is 5.90. The van der Waals surface area contributed by atoms with Gasteiger partial charge in [0.05, 0.1) is 6.04 Å². The molecule has 0 aromatic heterocycles. The molecule has 28 heavy (non-hydrogen) atoms. The molecule has 1 atom stereocenters. The molecule has 4 N–H and O–H groups in total. The number of ketones is 2. The molecule has 0 aliphatic heterocycles. The predicted octanol–water partition coefficient (Wildman–Crippen LogP) is 2.36. The van der Waals surface area contributed by atoms with E-state index in [9.17, 15) is 14.4 Å². The maximum atomic E-state index is 12.7. The zero-order valence-electron chi connectivity index (χ0n) is 16.1. The molecular formula is C22H25N3O3. The Morgan fingerprint density at radius 2 is 1.54 bits per heavy atom. The van der Waals surface area contributed by atoms with E-state index in [0.29, 0.717) is 41.8 Å². The van der Waals surface area contributed by atoms with Gasteiger partial charge in [0.1, 0.15) is 0 Å². The lowest BCUT2D eigenvalue weighted by molar-refractivity contribution is -0.123. The monoisotopic (exact) mass is 379 g/mol. The van der Waals surface area contributed by atoms with E-state index in [-0.39, 0.29) is 23.4 Å². The van der Waals surface area contributed by atoms with Crippen molar-refractivity contribution in [1.82, 2.24) is 5.32 Å². The smallest absolute Gasteiger partial charge is 0.237 e. The number of anilines is 1. The maximum Gasteiger partial charge on any atom is 0.237 e. The van der Waals surface area contributed by atoms with Crippen LogP contribution >= 0.6 is 0 Å². The lowest BCUT2D eigenvalue weighted by atomic mass is 9.84. The van der Waals surface area contributed by atoms with Crippen molar-refractivity contribution in [2.75, 3.05) is 18.4 Å². The summed E-state index contributed by atoms with van der Waals surface area (Å²) < 4.78 is 0. The van der Waals surface area contributed by atoms with Crippen LogP contribution in [0, 0.1) is 5.92 Å². The first-order chi connectivity index (χ1) is 13.4. The van der Waals surface area contributed by atoms with Crippen molar-refractivity contribution in [3.63, 3.8) is 0 Å². The molecule has 3 rings (SSSR count). The van der Waals surface area contributed by atoms with Gasteiger partial charge >= 0.3 is 0 Å². The Balaban J connectivity index is 1.58. The molecule has 6 nitrogen and oxygen atoms in total. The third-order valence-corrected chi connectivity index (χ3v) is 4.93. The number of carbonyl (C=O) groups is 3. The van der Waals surface area contributed by atoms with Gasteiger partial charge in [0.15, 0.2) is 11.6 Å². The van der Waals surface area contributed by atoms with Crippen molar-refractivity contribution in [3.05, 3.63) is 64.7 Å². The molecular weight excluding hydrogens is 354 g/mol. The number of benzene rings is 2. The second kappa shape index (κ2) is 8.35. The molecule has 0 saturated heterocycles. The van der Waals surface area contributed by atoms with E-state index in [0.717, 1.165) is 5.69 Å². The highest BCUT2D eigenvalue weighted by atomic mass is 16.2. The van der Waals surface area contributed by atoms with Gasteiger partial charge in [0, 0.05) is 41.0 Å². The molecule has 0 heterocycles. The zero-order valence-corrected chi connectivity index (χ0v) is 16.1. The van der Waals surface area contributed by atoms with Crippen LogP contribution in [0.5, 0.6) is 0 Å². The fourth-order valence-electron chi connectivity index (χ4n) is 3.16. The maximum absolute atomic E-state index is 12.7. The normalized spacial score (nSPS) is 13.7. The number of hydrogen-bond donors (Lipinski definition) is 3. The Morgan fingerprint density at radius 1 is 0.929 bits per heavy atom. The van der Waals surface area contributed by atoms with Crippen molar-refractivity contribution in [1.29, 1.82) is 0 Å². The van der Waals surface area contributed by atoms with Crippen molar-refractivity contribution >= 4 is 23.2 Å². The zero-order chi connectivity index (χ0) is 20.3.